The van der Waals surface area contributed by atoms with E-state index in [2.05, 4.69) is 61.0 Å². The van der Waals surface area contributed by atoms with Crippen LogP contribution >= 0.6 is 0 Å². The molecule has 38 heavy (non-hydrogen) atoms. The van der Waals surface area contributed by atoms with Gasteiger partial charge in [-0.3, -0.25) is 0 Å². The Balaban J connectivity index is 1.54. The standard InChI is InChI=1S/C31H37FN6/c1-7-8-15-38-21(3)30(31(36-38)24-10-12-28(32)29(33)19-24)20(2)13-14-34-22(4)35-26-11-9-23-17-27(37(5)6)18-25(23)16-26/h8-16,19,27,35H,4,7,17-18,33H2,1-3,5-6H3/b15-8-,20-13+,34-14-. The van der Waals surface area contributed by atoms with Crippen molar-refractivity contribution in [2.45, 2.75) is 46.1 Å². The van der Waals surface area contributed by atoms with E-state index in [0.717, 1.165) is 53.0 Å². The second-order valence-corrected chi connectivity index (χ2v) is 9.99. The molecule has 1 aromatic heterocycles. The average molecular weight is 513 g/mol. The summed E-state index contributed by atoms with van der Waals surface area (Å²) in [5, 5.41) is 8.09. The number of anilines is 2. The Kier molecular flexibility index (Phi) is 8.27. The van der Waals surface area contributed by atoms with Crippen LogP contribution in [0.4, 0.5) is 15.8 Å². The SMILES string of the molecule is C=C(/N=C\C=C(/C)c1c(-c2ccc(F)c(N)c2)nn(/C=C\CC)c1C)Nc1ccc2c(c1)CC(N(C)C)C2. The van der Waals surface area contributed by atoms with Crippen LogP contribution in [0.5, 0.6) is 0 Å². The first-order valence-corrected chi connectivity index (χ1v) is 12.9. The molecule has 4 rings (SSSR count). The topological polar surface area (TPSA) is 71.5 Å². The maximum absolute atomic E-state index is 13.8. The van der Waals surface area contributed by atoms with Gasteiger partial charge in [0.1, 0.15) is 17.3 Å². The van der Waals surface area contributed by atoms with Gasteiger partial charge >= 0.3 is 0 Å². The first-order valence-electron chi connectivity index (χ1n) is 12.9. The molecule has 1 unspecified atom stereocenters. The minimum Gasteiger partial charge on any atom is -0.396 e. The quantitative estimate of drug-likeness (QED) is 0.252. The van der Waals surface area contributed by atoms with Crippen LogP contribution in [-0.4, -0.2) is 41.0 Å². The van der Waals surface area contributed by atoms with Gasteiger partial charge in [0.05, 0.1) is 5.69 Å². The molecule has 1 aliphatic rings. The molecule has 0 amide bonds. The third kappa shape index (κ3) is 5.94. The molecule has 0 saturated heterocycles. The van der Waals surface area contributed by atoms with Crippen LogP contribution in [0.3, 0.4) is 0 Å². The Bertz CT molecular complexity index is 1430. The zero-order valence-electron chi connectivity index (χ0n) is 22.9. The molecule has 3 aromatic rings. The number of hydrogen-bond donors (Lipinski definition) is 2. The molecular weight excluding hydrogens is 475 g/mol. The highest BCUT2D eigenvalue weighted by Gasteiger charge is 2.23. The van der Waals surface area contributed by atoms with Crippen molar-refractivity contribution in [3.63, 3.8) is 0 Å². The van der Waals surface area contributed by atoms with E-state index >= 15 is 0 Å². The highest BCUT2D eigenvalue weighted by molar-refractivity contribution is 5.89. The van der Waals surface area contributed by atoms with Gasteiger partial charge in [0.2, 0.25) is 0 Å². The Morgan fingerprint density at radius 1 is 1.24 bits per heavy atom. The molecule has 0 fully saturated rings. The Morgan fingerprint density at radius 3 is 2.71 bits per heavy atom. The summed E-state index contributed by atoms with van der Waals surface area (Å²) in [6, 6.07) is 11.7. The van der Waals surface area contributed by atoms with Crippen LogP contribution < -0.4 is 11.1 Å². The van der Waals surface area contributed by atoms with E-state index in [1.165, 1.54) is 17.2 Å². The number of aromatic nitrogens is 2. The van der Waals surface area contributed by atoms with Crippen molar-refractivity contribution in [1.82, 2.24) is 14.7 Å². The first-order chi connectivity index (χ1) is 18.2. The second kappa shape index (κ2) is 11.6. The summed E-state index contributed by atoms with van der Waals surface area (Å²) in [4.78, 5) is 6.79. The molecule has 0 radical (unpaired) electrons. The van der Waals surface area contributed by atoms with Gasteiger partial charge < -0.3 is 16.0 Å². The summed E-state index contributed by atoms with van der Waals surface area (Å²) >= 11 is 0. The average Bonchev–Trinajstić information content (AvgIpc) is 3.45. The minimum absolute atomic E-state index is 0.0964. The van der Waals surface area contributed by atoms with E-state index in [1.54, 1.807) is 18.3 Å². The molecule has 0 saturated carbocycles. The molecule has 7 heteroatoms. The number of nitrogens with two attached hydrogens (primary N) is 1. The highest BCUT2D eigenvalue weighted by atomic mass is 19.1. The van der Waals surface area contributed by atoms with Gasteiger partial charge in [0.15, 0.2) is 0 Å². The van der Waals surface area contributed by atoms with Gasteiger partial charge in [-0.15, -0.1) is 0 Å². The number of fused-ring (bicyclic) bond motifs is 1. The molecule has 3 N–H and O–H groups in total. The van der Waals surface area contributed by atoms with Gasteiger partial charge in [0, 0.05) is 41.0 Å². The fraction of sp³-hybridized carbons (Fsp3) is 0.290. The Morgan fingerprint density at radius 2 is 2.00 bits per heavy atom. The zero-order chi connectivity index (χ0) is 27.4. The number of likely N-dealkylation sites (N-methyl/N-ethyl adjacent to an activating group) is 1. The van der Waals surface area contributed by atoms with Gasteiger partial charge in [-0.2, -0.15) is 5.10 Å². The van der Waals surface area contributed by atoms with Crippen molar-refractivity contribution in [2.24, 2.45) is 4.99 Å². The van der Waals surface area contributed by atoms with E-state index in [0.29, 0.717) is 11.9 Å². The molecule has 6 nitrogen and oxygen atoms in total. The number of hydrogen-bond acceptors (Lipinski definition) is 5. The summed E-state index contributed by atoms with van der Waals surface area (Å²) < 4.78 is 15.7. The fourth-order valence-corrected chi connectivity index (χ4v) is 4.79. The minimum atomic E-state index is -0.441. The summed E-state index contributed by atoms with van der Waals surface area (Å²) in [5.41, 5.74) is 14.1. The van der Waals surface area contributed by atoms with Gasteiger partial charge in [0.25, 0.3) is 0 Å². The number of aliphatic imine (C=N–C) groups is 1. The predicted octanol–water partition coefficient (Wildman–Crippen LogP) is 6.55. The largest absolute Gasteiger partial charge is 0.396 e. The third-order valence-electron chi connectivity index (χ3n) is 6.99. The number of benzene rings is 2. The normalized spacial score (nSPS) is 15.7. The van der Waals surface area contributed by atoms with Crippen molar-refractivity contribution in [3.8, 4) is 11.3 Å². The molecule has 1 aliphatic carbocycles. The summed E-state index contributed by atoms with van der Waals surface area (Å²) in [6.07, 6.45) is 10.7. The van der Waals surface area contributed by atoms with Crippen molar-refractivity contribution in [1.29, 1.82) is 0 Å². The zero-order valence-corrected chi connectivity index (χ0v) is 22.9. The second-order valence-electron chi connectivity index (χ2n) is 9.99. The number of halogens is 1. The van der Waals surface area contributed by atoms with Crippen molar-refractivity contribution < 1.29 is 4.39 Å². The lowest BCUT2D eigenvalue weighted by atomic mass is 9.99. The maximum Gasteiger partial charge on any atom is 0.146 e. The number of rotatable bonds is 9. The van der Waals surface area contributed by atoms with Crippen LogP contribution in [-0.2, 0) is 12.8 Å². The van der Waals surface area contributed by atoms with Crippen LogP contribution in [0.25, 0.3) is 23.0 Å². The van der Waals surface area contributed by atoms with Crippen LogP contribution in [0.1, 0.15) is 42.7 Å². The summed E-state index contributed by atoms with van der Waals surface area (Å²) in [5.74, 6) is 0.115. The number of nitrogens with one attached hydrogen (secondary N) is 1. The lowest BCUT2D eigenvalue weighted by Gasteiger charge is -2.17. The van der Waals surface area contributed by atoms with E-state index < -0.39 is 5.82 Å². The highest BCUT2D eigenvalue weighted by Crippen LogP contribution is 2.33. The van der Waals surface area contributed by atoms with Crippen molar-refractivity contribution in [3.05, 3.63) is 89.2 Å². The molecule has 1 atom stereocenters. The molecule has 0 spiro atoms. The predicted molar refractivity (Wildman–Crippen MR) is 159 cm³/mol. The Labute approximate surface area is 225 Å². The van der Waals surface area contributed by atoms with Crippen LogP contribution in [0.2, 0.25) is 0 Å². The van der Waals surface area contributed by atoms with E-state index in [-0.39, 0.29) is 5.69 Å². The van der Waals surface area contributed by atoms with Crippen molar-refractivity contribution in [2.75, 3.05) is 25.1 Å². The van der Waals surface area contributed by atoms with Gasteiger partial charge in [-0.1, -0.05) is 25.6 Å². The molecule has 0 aliphatic heterocycles. The smallest absolute Gasteiger partial charge is 0.146 e. The van der Waals surface area contributed by atoms with Crippen LogP contribution in [0, 0.1) is 12.7 Å². The van der Waals surface area contributed by atoms with E-state index in [4.69, 9.17) is 10.8 Å². The van der Waals surface area contributed by atoms with Crippen LogP contribution in [0.15, 0.2) is 65.9 Å². The summed E-state index contributed by atoms with van der Waals surface area (Å²) in [7, 11) is 4.27. The number of nitrogens with zero attached hydrogens (tertiary/aromatic N) is 4. The lowest BCUT2D eigenvalue weighted by Crippen LogP contribution is -2.27. The van der Waals surface area contributed by atoms with E-state index in [1.807, 2.05) is 36.9 Å². The number of nitrogen functional groups attached to an aromatic ring is 1. The first kappa shape index (κ1) is 27.1. The number of allylic oxidation sites excluding steroid dienone is 3. The third-order valence-corrected chi connectivity index (χ3v) is 6.99. The van der Waals surface area contributed by atoms with Gasteiger partial charge in [-0.25, -0.2) is 14.1 Å². The molecule has 1 heterocycles. The molecular formula is C31H37FN6. The molecule has 198 valence electrons. The fourth-order valence-electron chi connectivity index (χ4n) is 4.79. The summed E-state index contributed by atoms with van der Waals surface area (Å²) in [6.45, 7) is 10.2. The molecule has 0 bridgehead atoms. The maximum atomic E-state index is 13.8. The monoisotopic (exact) mass is 512 g/mol. The van der Waals surface area contributed by atoms with Gasteiger partial charge in [-0.05, 0) is 100 Å². The van der Waals surface area contributed by atoms with E-state index in [9.17, 15) is 4.39 Å². The molecule has 2 aromatic carbocycles. The lowest BCUT2D eigenvalue weighted by molar-refractivity contribution is 0.303. The Hall–Kier alpha value is -3.97. The van der Waals surface area contributed by atoms with Crippen molar-refractivity contribution >= 4 is 29.4 Å².